The number of nitrogens with zero attached hydrogens (tertiary/aromatic N) is 2. The number of hydrogen-bond donors (Lipinski definition) is 0. The number of aliphatic carboxylic acids is 2. The lowest BCUT2D eigenvalue weighted by atomic mass is 9.53. The Balaban J connectivity index is 2.59. The zero-order valence-electron chi connectivity index (χ0n) is 24.4. The number of carboxylic acid groups (broad SMARTS) is 2. The first-order chi connectivity index (χ1) is 16.4. The van der Waals surface area contributed by atoms with Gasteiger partial charge in [-0.2, -0.15) is 10.1 Å². The zero-order chi connectivity index (χ0) is 27.7. The van der Waals surface area contributed by atoms with Crippen LogP contribution >= 0.6 is 0 Å². The van der Waals surface area contributed by atoms with Crippen LogP contribution in [0.2, 0.25) is 0 Å². The van der Waals surface area contributed by atoms with Crippen molar-refractivity contribution in [3.8, 4) is 0 Å². The summed E-state index contributed by atoms with van der Waals surface area (Å²) < 4.78 is 0. The van der Waals surface area contributed by atoms with Crippen molar-refractivity contribution in [1.82, 2.24) is 10.1 Å². The molecule has 210 valence electrons. The zero-order valence-corrected chi connectivity index (χ0v) is 24.4. The highest BCUT2D eigenvalue weighted by Crippen LogP contribution is 2.57. The van der Waals surface area contributed by atoms with Crippen LogP contribution in [0.3, 0.4) is 0 Å². The molecule has 0 saturated carbocycles. The fourth-order valence-corrected chi connectivity index (χ4v) is 7.59. The molecule has 2 aliphatic heterocycles. The third kappa shape index (κ3) is 6.08. The SMILES string of the molecule is CCCON1C(C)(C)CC(C(CC(=O)[O-])(C(=O)[O-])C2CC(C)(C)N(OCCC)C(C)(C)C2)CC1(C)C. The van der Waals surface area contributed by atoms with E-state index in [9.17, 15) is 19.8 Å². The number of hydroxylamine groups is 4. The van der Waals surface area contributed by atoms with E-state index in [2.05, 4.69) is 0 Å². The molecule has 0 aromatic carbocycles. The summed E-state index contributed by atoms with van der Waals surface area (Å²) >= 11 is 0. The highest BCUT2D eigenvalue weighted by molar-refractivity contribution is 5.80. The van der Waals surface area contributed by atoms with E-state index in [1.165, 1.54) is 0 Å². The van der Waals surface area contributed by atoms with Crippen molar-refractivity contribution in [2.24, 2.45) is 17.3 Å². The lowest BCUT2D eigenvalue weighted by molar-refractivity contribution is -0.349. The monoisotopic (exact) mass is 510 g/mol. The van der Waals surface area contributed by atoms with Crippen LogP contribution in [0.4, 0.5) is 0 Å². The molecular formula is C28H50N2O6-2. The van der Waals surface area contributed by atoms with Crippen molar-refractivity contribution in [1.29, 1.82) is 0 Å². The minimum atomic E-state index is -1.57. The predicted octanol–water partition coefficient (Wildman–Crippen LogP) is 3.08. The topological polar surface area (TPSA) is 105 Å². The number of carbonyl (C=O) groups excluding carboxylic acids is 2. The van der Waals surface area contributed by atoms with Crippen LogP contribution in [-0.2, 0) is 19.3 Å². The molecule has 0 amide bonds. The molecular weight excluding hydrogens is 460 g/mol. The summed E-state index contributed by atoms with van der Waals surface area (Å²) in [7, 11) is 0. The van der Waals surface area contributed by atoms with Crippen LogP contribution < -0.4 is 10.2 Å². The summed E-state index contributed by atoms with van der Waals surface area (Å²) in [6.07, 6.45) is 3.09. The minimum Gasteiger partial charge on any atom is -0.550 e. The number of hydrogen-bond acceptors (Lipinski definition) is 8. The van der Waals surface area contributed by atoms with E-state index in [0.717, 1.165) is 12.8 Å². The van der Waals surface area contributed by atoms with Gasteiger partial charge >= 0.3 is 0 Å². The smallest absolute Gasteiger partial charge is 0.0683 e. The Morgan fingerprint density at radius 3 is 1.25 bits per heavy atom. The van der Waals surface area contributed by atoms with Crippen LogP contribution in [0.15, 0.2) is 0 Å². The van der Waals surface area contributed by atoms with Crippen LogP contribution in [0, 0.1) is 17.3 Å². The third-order valence-corrected chi connectivity index (χ3v) is 8.31. The first kappa shape index (κ1) is 31.0. The van der Waals surface area contributed by atoms with Crippen molar-refractivity contribution in [3.63, 3.8) is 0 Å². The van der Waals surface area contributed by atoms with Crippen molar-refractivity contribution >= 4 is 11.9 Å². The van der Waals surface area contributed by atoms with Gasteiger partial charge in [-0.25, -0.2) is 0 Å². The van der Waals surface area contributed by atoms with Gasteiger partial charge in [-0.3, -0.25) is 9.68 Å². The van der Waals surface area contributed by atoms with Crippen LogP contribution in [0.1, 0.15) is 114 Å². The third-order valence-electron chi connectivity index (χ3n) is 8.31. The molecule has 2 fully saturated rings. The first-order valence-corrected chi connectivity index (χ1v) is 13.6. The Labute approximate surface area is 218 Å². The van der Waals surface area contributed by atoms with Crippen LogP contribution in [0.25, 0.3) is 0 Å². The van der Waals surface area contributed by atoms with E-state index >= 15 is 0 Å². The number of piperidine rings is 2. The minimum absolute atomic E-state index is 0.424. The molecule has 0 aromatic heterocycles. The largest absolute Gasteiger partial charge is 0.550 e. The standard InChI is InChI=1S/C28H52N2O6/c1-11-13-35-29-24(3,4)15-20(16-25(29,5)6)28(23(33)34,19-22(31)32)21-17-26(7,8)30(36-14-12-2)27(9,10)18-21/h20-21H,11-19H2,1-10H3,(H,31,32)(H,33,34)/p-2. The Bertz CT molecular complexity index is 707. The molecule has 2 heterocycles. The Hall–Kier alpha value is -1.22. The van der Waals surface area contributed by atoms with Gasteiger partial charge in [0.25, 0.3) is 0 Å². The van der Waals surface area contributed by atoms with Gasteiger partial charge in [0.1, 0.15) is 0 Å². The van der Waals surface area contributed by atoms with Crippen LogP contribution in [0.5, 0.6) is 0 Å². The van der Waals surface area contributed by atoms with Gasteiger partial charge < -0.3 is 19.8 Å². The molecule has 0 bridgehead atoms. The number of carbonyl (C=O) groups is 2. The van der Waals surface area contributed by atoms with E-state index in [-0.39, 0.29) is 0 Å². The van der Waals surface area contributed by atoms with Crippen molar-refractivity contribution < 1.29 is 29.5 Å². The fourth-order valence-electron chi connectivity index (χ4n) is 7.59. The molecule has 0 N–H and O–H groups in total. The second kappa shape index (κ2) is 10.9. The van der Waals surface area contributed by atoms with Gasteiger partial charge in [0, 0.05) is 39.5 Å². The van der Waals surface area contributed by atoms with Gasteiger partial charge in [-0.15, -0.1) is 0 Å². The first-order valence-electron chi connectivity index (χ1n) is 13.6. The van der Waals surface area contributed by atoms with Crippen LogP contribution in [-0.4, -0.2) is 57.4 Å². The van der Waals surface area contributed by atoms with Crippen molar-refractivity contribution in [2.45, 2.75) is 136 Å². The predicted molar refractivity (Wildman–Crippen MR) is 135 cm³/mol. The Morgan fingerprint density at radius 1 is 0.722 bits per heavy atom. The summed E-state index contributed by atoms with van der Waals surface area (Å²) in [5, 5.41) is 29.4. The second-order valence-electron chi connectivity index (χ2n) is 13.6. The Kier molecular flexibility index (Phi) is 9.36. The van der Waals surface area contributed by atoms with E-state index in [1.54, 1.807) is 0 Å². The molecule has 0 radical (unpaired) electrons. The highest BCUT2D eigenvalue weighted by atomic mass is 16.7. The molecule has 0 spiro atoms. The van der Waals surface area contributed by atoms with Gasteiger partial charge in [0.05, 0.1) is 13.2 Å². The molecule has 0 aromatic rings. The molecule has 0 aliphatic carbocycles. The lowest BCUT2D eigenvalue weighted by Gasteiger charge is -2.63. The number of rotatable bonds is 11. The van der Waals surface area contributed by atoms with E-state index in [0.29, 0.717) is 38.9 Å². The van der Waals surface area contributed by atoms with E-state index < -0.39 is 57.8 Å². The maximum atomic E-state index is 13.2. The summed E-state index contributed by atoms with van der Waals surface area (Å²) in [6.45, 7) is 21.6. The second-order valence-corrected chi connectivity index (χ2v) is 13.6. The maximum Gasteiger partial charge on any atom is 0.0683 e. The average Bonchev–Trinajstić information content (AvgIpc) is 2.68. The normalized spacial score (nSPS) is 25.1. The molecule has 8 heteroatoms. The lowest BCUT2D eigenvalue weighted by Crippen LogP contribution is -2.68. The van der Waals surface area contributed by atoms with Crippen molar-refractivity contribution in [2.75, 3.05) is 13.2 Å². The highest BCUT2D eigenvalue weighted by Gasteiger charge is 2.59. The maximum absolute atomic E-state index is 13.2. The molecule has 2 aliphatic rings. The fraction of sp³-hybridized carbons (Fsp3) is 0.929. The summed E-state index contributed by atoms with van der Waals surface area (Å²) in [5.74, 6) is -3.48. The van der Waals surface area contributed by atoms with E-state index in [1.807, 2.05) is 79.4 Å². The summed E-state index contributed by atoms with van der Waals surface area (Å²) in [4.78, 5) is 37.7. The molecule has 2 saturated heterocycles. The van der Waals surface area contributed by atoms with Gasteiger partial charge in [0.15, 0.2) is 0 Å². The van der Waals surface area contributed by atoms with Gasteiger partial charge in [0.2, 0.25) is 0 Å². The summed E-state index contributed by atoms with van der Waals surface area (Å²) in [6, 6.07) is 0. The van der Waals surface area contributed by atoms with Gasteiger partial charge in [-0.1, -0.05) is 13.8 Å². The summed E-state index contributed by atoms with van der Waals surface area (Å²) in [5.41, 5.74) is -3.56. The molecule has 8 nitrogen and oxygen atoms in total. The quantitative estimate of drug-likeness (QED) is 0.418. The molecule has 36 heavy (non-hydrogen) atoms. The number of carboxylic acids is 2. The van der Waals surface area contributed by atoms with E-state index in [4.69, 9.17) is 9.68 Å². The van der Waals surface area contributed by atoms with Crippen molar-refractivity contribution in [3.05, 3.63) is 0 Å². The van der Waals surface area contributed by atoms with Gasteiger partial charge in [-0.05, 0) is 112 Å². The molecule has 0 atom stereocenters. The average molecular weight is 511 g/mol. The Morgan fingerprint density at radius 2 is 1.03 bits per heavy atom. The molecule has 0 unspecified atom stereocenters. The molecule has 2 rings (SSSR count).